The largest absolute Gasteiger partial charge is 0.493 e. The van der Waals surface area contributed by atoms with Gasteiger partial charge < -0.3 is 9.47 Å². The zero-order valence-electron chi connectivity index (χ0n) is 10.2. The van der Waals surface area contributed by atoms with Gasteiger partial charge in [0.25, 0.3) is 0 Å². The molecule has 3 nitrogen and oxygen atoms in total. The Hall–Kier alpha value is -2.47. The van der Waals surface area contributed by atoms with Crippen molar-refractivity contribution in [1.29, 1.82) is 5.26 Å². The first-order valence-corrected chi connectivity index (χ1v) is 5.43. The molecule has 2 aromatic rings. The van der Waals surface area contributed by atoms with E-state index in [2.05, 4.69) is 6.07 Å². The van der Waals surface area contributed by atoms with Crippen LogP contribution in [-0.4, -0.2) is 14.2 Å². The zero-order valence-corrected chi connectivity index (χ0v) is 10.2. The monoisotopic (exact) mass is 238 g/mol. The molecule has 0 saturated heterocycles. The minimum absolute atomic E-state index is 0.514. The molecule has 0 aliphatic carbocycles. The quantitative estimate of drug-likeness (QED) is 0.825. The molecule has 0 heterocycles. The van der Waals surface area contributed by atoms with Crippen LogP contribution in [0.25, 0.3) is 11.1 Å². The predicted octanol–water partition coefficient (Wildman–Crippen LogP) is 3.04. The first-order chi connectivity index (χ1) is 8.80. The number of hydrogen-bond acceptors (Lipinski definition) is 3. The van der Waals surface area contributed by atoms with Gasteiger partial charge in [-0.25, -0.2) is 0 Å². The molecule has 0 amide bonds. The third kappa shape index (κ3) is 2.14. The molecular weight excluding hydrogens is 226 g/mol. The molecule has 3 heteroatoms. The Morgan fingerprint density at radius 3 is 2.50 bits per heavy atom. The van der Waals surface area contributed by atoms with E-state index in [0.29, 0.717) is 17.1 Å². The van der Waals surface area contributed by atoms with Crippen LogP contribution in [0, 0.1) is 17.4 Å². The lowest BCUT2D eigenvalue weighted by Crippen LogP contribution is -1.93. The third-order valence-electron chi connectivity index (χ3n) is 2.65. The van der Waals surface area contributed by atoms with Crippen LogP contribution in [0.3, 0.4) is 0 Å². The van der Waals surface area contributed by atoms with E-state index in [0.717, 1.165) is 11.1 Å². The molecule has 0 aliphatic heterocycles. The van der Waals surface area contributed by atoms with Crippen molar-refractivity contribution in [3.8, 4) is 28.7 Å². The van der Waals surface area contributed by atoms with Crippen molar-refractivity contribution in [3.05, 3.63) is 48.0 Å². The van der Waals surface area contributed by atoms with Crippen LogP contribution >= 0.6 is 0 Å². The summed E-state index contributed by atoms with van der Waals surface area (Å²) in [4.78, 5) is 0. The molecule has 0 bridgehead atoms. The van der Waals surface area contributed by atoms with E-state index in [1.165, 1.54) is 0 Å². The normalized spacial score (nSPS) is 9.61. The van der Waals surface area contributed by atoms with E-state index in [4.69, 9.17) is 14.7 Å². The standard InChI is InChI=1S/C15H12NO2/c1-17-14-5-3-4-13(15(14)18-2)12-8-6-11(10-16)7-9-12/h3-6,8-9H,1-2H3. The van der Waals surface area contributed by atoms with E-state index in [1.807, 2.05) is 30.3 Å². The fraction of sp³-hybridized carbons (Fsp3) is 0.133. The number of nitrogens with zero attached hydrogens (tertiary/aromatic N) is 1. The number of benzene rings is 2. The number of hydrogen-bond donors (Lipinski definition) is 0. The van der Waals surface area contributed by atoms with Crippen LogP contribution in [0.2, 0.25) is 0 Å². The van der Waals surface area contributed by atoms with Gasteiger partial charge in [0.05, 0.1) is 25.9 Å². The average Bonchev–Trinajstić information content (AvgIpc) is 2.46. The first kappa shape index (κ1) is 12.0. The minimum atomic E-state index is 0.514. The van der Waals surface area contributed by atoms with Crippen molar-refractivity contribution in [3.63, 3.8) is 0 Å². The lowest BCUT2D eigenvalue weighted by molar-refractivity contribution is 0.356. The van der Waals surface area contributed by atoms with Crippen LogP contribution in [-0.2, 0) is 0 Å². The molecule has 0 atom stereocenters. The van der Waals surface area contributed by atoms with Gasteiger partial charge in [-0.1, -0.05) is 18.2 Å². The molecule has 0 fully saturated rings. The van der Waals surface area contributed by atoms with Gasteiger partial charge in [-0.15, -0.1) is 0 Å². The van der Waals surface area contributed by atoms with E-state index in [1.54, 1.807) is 26.4 Å². The molecule has 1 radical (unpaired) electrons. The highest BCUT2D eigenvalue weighted by Gasteiger charge is 2.10. The molecule has 2 aromatic carbocycles. The molecular formula is C15H12NO2. The molecule has 0 spiro atoms. The highest BCUT2D eigenvalue weighted by molar-refractivity contribution is 5.74. The highest BCUT2D eigenvalue weighted by Crippen LogP contribution is 2.37. The second kappa shape index (κ2) is 5.24. The van der Waals surface area contributed by atoms with Crippen LogP contribution in [0.5, 0.6) is 11.5 Å². The fourth-order valence-corrected chi connectivity index (χ4v) is 1.78. The van der Waals surface area contributed by atoms with E-state index in [9.17, 15) is 0 Å². The lowest BCUT2D eigenvalue weighted by Gasteiger charge is -2.12. The maximum Gasteiger partial charge on any atom is 0.168 e. The summed E-state index contributed by atoms with van der Waals surface area (Å²) >= 11 is 0. The smallest absolute Gasteiger partial charge is 0.168 e. The third-order valence-corrected chi connectivity index (χ3v) is 2.65. The highest BCUT2D eigenvalue weighted by atomic mass is 16.5. The van der Waals surface area contributed by atoms with Gasteiger partial charge in [0.2, 0.25) is 0 Å². The predicted molar refractivity (Wildman–Crippen MR) is 68.5 cm³/mol. The van der Waals surface area contributed by atoms with Gasteiger partial charge in [-0.2, -0.15) is 5.26 Å². The van der Waals surface area contributed by atoms with Crippen LogP contribution in [0.15, 0.2) is 36.4 Å². The van der Waals surface area contributed by atoms with Crippen LogP contribution in [0.4, 0.5) is 0 Å². The maximum atomic E-state index is 8.76. The summed E-state index contributed by atoms with van der Waals surface area (Å²) in [5.74, 6) is 1.36. The first-order valence-electron chi connectivity index (χ1n) is 5.43. The maximum absolute atomic E-state index is 8.76. The van der Waals surface area contributed by atoms with Crippen molar-refractivity contribution in [2.75, 3.05) is 14.2 Å². The van der Waals surface area contributed by atoms with Gasteiger partial charge in [-0.3, -0.25) is 0 Å². The Bertz CT molecular complexity index is 582. The van der Waals surface area contributed by atoms with Crippen LogP contribution < -0.4 is 9.47 Å². The summed E-state index contributed by atoms with van der Waals surface area (Å²) in [6.45, 7) is 0. The summed E-state index contributed by atoms with van der Waals surface area (Å²) in [5, 5.41) is 8.76. The van der Waals surface area contributed by atoms with Crippen molar-refractivity contribution >= 4 is 0 Å². The molecule has 0 saturated carbocycles. The lowest BCUT2D eigenvalue weighted by atomic mass is 10.0. The fourth-order valence-electron chi connectivity index (χ4n) is 1.78. The summed E-state index contributed by atoms with van der Waals surface area (Å²) in [7, 11) is 3.21. The van der Waals surface area contributed by atoms with Crippen molar-refractivity contribution in [1.82, 2.24) is 0 Å². The number of para-hydroxylation sites is 1. The van der Waals surface area contributed by atoms with Gasteiger partial charge in [0, 0.05) is 11.6 Å². The summed E-state index contributed by atoms with van der Waals surface area (Å²) < 4.78 is 10.6. The Morgan fingerprint density at radius 1 is 1.11 bits per heavy atom. The Kier molecular flexibility index (Phi) is 3.49. The number of nitriles is 1. The van der Waals surface area contributed by atoms with Crippen molar-refractivity contribution in [2.24, 2.45) is 0 Å². The van der Waals surface area contributed by atoms with E-state index in [-0.39, 0.29) is 0 Å². The van der Waals surface area contributed by atoms with Crippen molar-refractivity contribution in [2.45, 2.75) is 0 Å². The summed E-state index contributed by atoms with van der Waals surface area (Å²) in [6, 6.07) is 16.0. The molecule has 2 rings (SSSR count). The number of methoxy groups -OCH3 is 2. The topological polar surface area (TPSA) is 42.2 Å². The van der Waals surface area contributed by atoms with Gasteiger partial charge in [0.15, 0.2) is 11.5 Å². The molecule has 0 N–H and O–H groups in total. The van der Waals surface area contributed by atoms with Gasteiger partial charge in [-0.05, 0) is 23.8 Å². The molecule has 0 unspecified atom stereocenters. The Balaban J connectivity index is 2.53. The second-order valence-corrected chi connectivity index (χ2v) is 3.64. The second-order valence-electron chi connectivity index (χ2n) is 3.64. The Morgan fingerprint density at radius 2 is 1.94 bits per heavy atom. The summed E-state index contributed by atoms with van der Waals surface area (Å²) in [6.07, 6.45) is 0. The average molecular weight is 238 g/mol. The zero-order chi connectivity index (χ0) is 13.0. The molecule has 0 aliphatic rings. The van der Waals surface area contributed by atoms with Gasteiger partial charge in [0.1, 0.15) is 0 Å². The molecule has 0 aromatic heterocycles. The SMILES string of the molecule is COc1cccc(-c2c[c]c(C#N)cc2)c1OC. The van der Waals surface area contributed by atoms with Gasteiger partial charge >= 0.3 is 0 Å². The van der Waals surface area contributed by atoms with Crippen LogP contribution in [0.1, 0.15) is 5.56 Å². The van der Waals surface area contributed by atoms with E-state index >= 15 is 0 Å². The minimum Gasteiger partial charge on any atom is -0.493 e. The van der Waals surface area contributed by atoms with Crippen molar-refractivity contribution < 1.29 is 9.47 Å². The number of rotatable bonds is 3. The number of ether oxygens (including phenoxy) is 2. The van der Waals surface area contributed by atoms with E-state index < -0.39 is 0 Å². The molecule has 18 heavy (non-hydrogen) atoms. The molecule has 89 valence electrons. The summed E-state index contributed by atoms with van der Waals surface area (Å²) in [5.41, 5.74) is 2.36. The Labute approximate surface area is 106 Å².